The molecule has 0 aliphatic carbocycles. The lowest BCUT2D eigenvalue weighted by atomic mass is 10.4. The summed E-state index contributed by atoms with van der Waals surface area (Å²) in [7, 11) is 0. The van der Waals surface area contributed by atoms with Crippen LogP contribution in [0.1, 0.15) is 0 Å². The molecule has 1 aromatic rings. The molecule has 1 aromatic heterocycles. The fourth-order valence-corrected chi connectivity index (χ4v) is 1.08. The zero-order chi connectivity index (χ0) is 8.43. The maximum absolute atomic E-state index is 10.3. The molecular weight excluding hydrogens is 282 g/mol. The number of hydrogen-bond acceptors (Lipinski definition) is 4. The molecule has 0 saturated heterocycles. The highest BCUT2D eigenvalue weighted by Crippen LogP contribution is 2.20. The predicted octanol–water partition coefficient (Wildman–Crippen LogP) is 2.03. The van der Waals surface area contributed by atoms with Crippen molar-refractivity contribution in [2.24, 2.45) is 0 Å². The Balaban J connectivity index is 3.05. The van der Waals surface area contributed by atoms with Gasteiger partial charge in [0.05, 0.1) is 15.5 Å². The standard InChI is InChI=1S/C5H3ClIN2O2/c6-5-4(7)1-3(2-8-5)9(10)11/h1-2,10H/q-1. The summed E-state index contributed by atoms with van der Waals surface area (Å²) in [6.07, 6.45) is 1.19. The molecule has 1 rings (SSSR count). The van der Waals surface area contributed by atoms with E-state index >= 15 is 0 Å². The zero-order valence-electron chi connectivity index (χ0n) is 5.16. The van der Waals surface area contributed by atoms with Gasteiger partial charge in [-0.1, -0.05) is 11.6 Å². The van der Waals surface area contributed by atoms with E-state index in [1.165, 1.54) is 12.3 Å². The van der Waals surface area contributed by atoms with Crippen molar-refractivity contribution in [2.45, 2.75) is 0 Å². The molecule has 1 heterocycles. The number of rotatable bonds is 1. The highest BCUT2D eigenvalue weighted by atomic mass is 127. The van der Waals surface area contributed by atoms with Gasteiger partial charge < -0.3 is 10.4 Å². The minimum absolute atomic E-state index is 0.0683. The van der Waals surface area contributed by atoms with Crippen molar-refractivity contribution >= 4 is 39.9 Å². The van der Waals surface area contributed by atoms with Crippen molar-refractivity contribution in [3.8, 4) is 0 Å². The van der Waals surface area contributed by atoms with Crippen LogP contribution in [0.3, 0.4) is 0 Å². The van der Waals surface area contributed by atoms with Gasteiger partial charge in [0.1, 0.15) is 5.15 Å². The summed E-state index contributed by atoms with van der Waals surface area (Å²) >= 11 is 7.48. The first-order valence-electron chi connectivity index (χ1n) is 2.58. The van der Waals surface area contributed by atoms with Gasteiger partial charge in [-0.3, -0.25) is 5.21 Å². The van der Waals surface area contributed by atoms with Crippen LogP contribution in [0, 0.1) is 8.78 Å². The third kappa shape index (κ3) is 2.16. The maximum Gasteiger partial charge on any atom is 0.142 e. The fourth-order valence-electron chi connectivity index (χ4n) is 0.516. The van der Waals surface area contributed by atoms with Crippen LogP contribution in [-0.4, -0.2) is 10.2 Å². The van der Waals surface area contributed by atoms with E-state index in [-0.39, 0.29) is 10.9 Å². The van der Waals surface area contributed by atoms with Crippen LogP contribution < -0.4 is 5.23 Å². The molecule has 0 radical (unpaired) electrons. The molecule has 0 aliphatic rings. The van der Waals surface area contributed by atoms with Gasteiger partial charge in [0.25, 0.3) is 0 Å². The molecule has 0 aromatic carbocycles. The van der Waals surface area contributed by atoms with E-state index in [0.717, 1.165) is 0 Å². The Morgan fingerprint density at radius 3 is 2.82 bits per heavy atom. The lowest BCUT2D eigenvalue weighted by molar-refractivity contribution is 0.296. The summed E-state index contributed by atoms with van der Waals surface area (Å²) < 4.78 is 0.622. The number of hydrogen-bond donors (Lipinski definition) is 1. The average Bonchev–Trinajstić information content (AvgIpc) is 1.94. The van der Waals surface area contributed by atoms with E-state index in [0.29, 0.717) is 8.72 Å². The van der Waals surface area contributed by atoms with Crippen LogP contribution in [0.4, 0.5) is 5.69 Å². The van der Waals surface area contributed by atoms with E-state index in [9.17, 15) is 5.21 Å². The summed E-state index contributed by atoms with van der Waals surface area (Å²) in [6.45, 7) is 0. The highest BCUT2D eigenvalue weighted by Gasteiger charge is 1.99. The second-order valence-corrected chi connectivity index (χ2v) is 3.26. The lowest BCUT2D eigenvalue weighted by Gasteiger charge is -2.20. The largest absolute Gasteiger partial charge is 0.733 e. The van der Waals surface area contributed by atoms with Gasteiger partial charge in [0.15, 0.2) is 0 Å². The van der Waals surface area contributed by atoms with Crippen molar-refractivity contribution < 1.29 is 5.21 Å². The summed E-state index contributed by atoms with van der Waals surface area (Å²) in [6, 6.07) is 1.43. The molecule has 11 heavy (non-hydrogen) atoms. The summed E-state index contributed by atoms with van der Waals surface area (Å²) in [5.41, 5.74) is 0.0683. The summed E-state index contributed by atoms with van der Waals surface area (Å²) in [5, 5.41) is 18.8. The van der Waals surface area contributed by atoms with Gasteiger partial charge in [-0.2, -0.15) is 0 Å². The van der Waals surface area contributed by atoms with Gasteiger partial charge in [0, 0.05) is 0 Å². The minimum Gasteiger partial charge on any atom is -0.733 e. The Kier molecular flexibility index (Phi) is 2.88. The normalized spacial score (nSPS) is 9.82. The summed E-state index contributed by atoms with van der Waals surface area (Å²) in [5.74, 6) is 0. The number of anilines is 1. The number of halogens is 2. The Bertz CT molecular complexity index is 269. The second kappa shape index (κ2) is 3.53. The zero-order valence-corrected chi connectivity index (χ0v) is 8.07. The monoisotopic (exact) mass is 285 g/mol. The van der Waals surface area contributed by atoms with Crippen LogP contribution in [0.25, 0.3) is 0 Å². The average molecular weight is 285 g/mol. The van der Waals surface area contributed by atoms with Crippen molar-refractivity contribution in [1.82, 2.24) is 4.98 Å². The molecule has 1 N–H and O–H groups in total. The lowest BCUT2D eigenvalue weighted by Crippen LogP contribution is -2.07. The van der Waals surface area contributed by atoms with Crippen molar-refractivity contribution in [1.29, 1.82) is 0 Å². The third-order valence-corrected chi connectivity index (χ3v) is 2.45. The van der Waals surface area contributed by atoms with E-state index in [4.69, 9.17) is 16.8 Å². The van der Waals surface area contributed by atoms with Gasteiger partial charge in [0.2, 0.25) is 0 Å². The molecule has 0 amide bonds. The second-order valence-electron chi connectivity index (χ2n) is 1.74. The number of nitrogens with zero attached hydrogens (tertiary/aromatic N) is 2. The van der Waals surface area contributed by atoms with Crippen LogP contribution >= 0.6 is 34.2 Å². The molecule has 0 unspecified atom stereocenters. The van der Waals surface area contributed by atoms with Crippen molar-refractivity contribution in [3.05, 3.63) is 26.2 Å². The van der Waals surface area contributed by atoms with E-state index in [2.05, 4.69) is 4.98 Å². The molecule has 0 bridgehead atoms. The highest BCUT2D eigenvalue weighted by molar-refractivity contribution is 14.1. The van der Waals surface area contributed by atoms with Crippen LogP contribution in [-0.2, 0) is 0 Å². The van der Waals surface area contributed by atoms with Gasteiger partial charge >= 0.3 is 0 Å². The van der Waals surface area contributed by atoms with E-state index < -0.39 is 0 Å². The first kappa shape index (κ1) is 8.98. The topological polar surface area (TPSA) is 59.4 Å². The number of pyridine rings is 1. The quantitative estimate of drug-likeness (QED) is 0.487. The first-order chi connectivity index (χ1) is 5.11. The molecule has 0 aliphatic heterocycles. The third-order valence-electron chi connectivity index (χ3n) is 1.00. The molecule has 6 heteroatoms. The van der Waals surface area contributed by atoms with E-state index in [1.807, 2.05) is 22.6 Å². The molecule has 0 fully saturated rings. The molecule has 0 atom stereocenters. The van der Waals surface area contributed by atoms with Gasteiger partial charge in [-0.25, -0.2) is 4.98 Å². The fraction of sp³-hybridized carbons (Fsp3) is 0. The molecular formula is C5H3ClIN2O2-. The van der Waals surface area contributed by atoms with Crippen molar-refractivity contribution in [3.63, 3.8) is 0 Å². The van der Waals surface area contributed by atoms with Crippen LogP contribution in [0.2, 0.25) is 5.15 Å². The SMILES string of the molecule is [O-]N(O)c1cnc(Cl)c(I)c1. The smallest absolute Gasteiger partial charge is 0.142 e. The molecule has 60 valence electrons. The Morgan fingerprint density at radius 2 is 2.36 bits per heavy atom. The van der Waals surface area contributed by atoms with Gasteiger partial charge in [-0.05, 0) is 28.7 Å². The predicted molar refractivity (Wildman–Crippen MR) is 49.6 cm³/mol. The Labute approximate surface area is 81.5 Å². The molecule has 4 nitrogen and oxygen atoms in total. The van der Waals surface area contributed by atoms with Crippen LogP contribution in [0.15, 0.2) is 12.3 Å². The first-order valence-corrected chi connectivity index (χ1v) is 4.04. The molecule has 0 saturated carbocycles. The van der Waals surface area contributed by atoms with E-state index in [1.54, 1.807) is 0 Å². The Morgan fingerprint density at radius 1 is 1.73 bits per heavy atom. The number of aromatic nitrogens is 1. The summed E-state index contributed by atoms with van der Waals surface area (Å²) in [4.78, 5) is 3.66. The van der Waals surface area contributed by atoms with Crippen molar-refractivity contribution in [2.75, 3.05) is 5.23 Å². The molecule has 0 spiro atoms. The Hall–Kier alpha value is -0.110. The van der Waals surface area contributed by atoms with Crippen LogP contribution in [0.5, 0.6) is 0 Å². The minimum atomic E-state index is -0.258. The van der Waals surface area contributed by atoms with Gasteiger partial charge in [-0.15, -0.1) is 0 Å². The maximum atomic E-state index is 10.3.